The van der Waals surface area contributed by atoms with Crippen molar-refractivity contribution in [3.8, 4) is 11.3 Å². The van der Waals surface area contributed by atoms with Gasteiger partial charge in [-0.25, -0.2) is 18.7 Å². The van der Waals surface area contributed by atoms with Crippen LogP contribution >= 0.6 is 11.6 Å². The Kier molecular flexibility index (Phi) is 9.61. The Morgan fingerprint density at radius 2 is 1.82 bits per heavy atom. The van der Waals surface area contributed by atoms with Crippen molar-refractivity contribution < 1.29 is 18.7 Å². The van der Waals surface area contributed by atoms with Crippen LogP contribution in [0.2, 0.25) is 5.02 Å². The summed E-state index contributed by atoms with van der Waals surface area (Å²) >= 11 is 6.28. The average Bonchev–Trinajstić information content (AvgIpc) is 2.79. The number of nitrogens with zero attached hydrogens (tertiary/aromatic N) is 2. The van der Waals surface area contributed by atoms with Gasteiger partial charge in [-0.2, -0.15) is 0 Å². The lowest BCUT2D eigenvalue weighted by Gasteiger charge is -2.13. The molecule has 1 heterocycles. The fraction of sp³-hybridized carbons (Fsp3) is 0.208. The molecule has 1 aromatic heterocycles. The second kappa shape index (κ2) is 12.2. The molecule has 10 heteroatoms. The van der Waals surface area contributed by atoms with Gasteiger partial charge in [-0.3, -0.25) is 4.79 Å². The molecule has 180 valence electrons. The molecule has 0 saturated heterocycles. The standard InChI is InChI=1S/C20H15ClF2N4O2.C4H11N/c1-2-16-19(24)25-9-17(27-16)14-4-3-13(8-15(14)21)26-20(29)18(28)10-5-11(22)7-12(23)6-10;1-4(2)5-3/h2-9,18,28H,1H2,(H2,24,25)(H,26,29);4-5H,1-3H3. The van der Waals surface area contributed by atoms with E-state index in [1.54, 1.807) is 6.07 Å². The van der Waals surface area contributed by atoms with Gasteiger partial charge in [-0.15, -0.1) is 0 Å². The normalized spacial score (nSPS) is 11.4. The van der Waals surface area contributed by atoms with Crippen LogP contribution in [0.1, 0.15) is 31.2 Å². The van der Waals surface area contributed by atoms with Crippen LogP contribution in [0.25, 0.3) is 17.3 Å². The van der Waals surface area contributed by atoms with E-state index in [0.29, 0.717) is 29.1 Å². The number of amides is 1. The highest BCUT2D eigenvalue weighted by Crippen LogP contribution is 2.30. The van der Waals surface area contributed by atoms with Crippen molar-refractivity contribution in [2.24, 2.45) is 0 Å². The first-order valence-corrected chi connectivity index (χ1v) is 10.6. The first-order chi connectivity index (χ1) is 16.0. The number of aliphatic hydroxyl groups is 1. The molecule has 5 N–H and O–H groups in total. The van der Waals surface area contributed by atoms with E-state index in [9.17, 15) is 18.7 Å². The van der Waals surface area contributed by atoms with E-state index in [4.69, 9.17) is 17.3 Å². The molecule has 0 bridgehead atoms. The van der Waals surface area contributed by atoms with Crippen molar-refractivity contribution in [1.29, 1.82) is 0 Å². The van der Waals surface area contributed by atoms with Crippen LogP contribution in [0.5, 0.6) is 0 Å². The molecule has 0 saturated carbocycles. The molecule has 1 amide bonds. The van der Waals surface area contributed by atoms with E-state index in [-0.39, 0.29) is 22.1 Å². The summed E-state index contributed by atoms with van der Waals surface area (Å²) < 4.78 is 26.6. The highest BCUT2D eigenvalue weighted by molar-refractivity contribution is 6.33. The number of rotatable bonds is 6. The number of nitrogen functional groups attached to an aromatic ring is 1. The molecule has 7 nitrogen and oxygen atoms in total. The SMILES string of the molecule is C=Cc1nc(-c2ccc(NC(=O)C(O)c3cc(F)cc(F)c3)cc2Cl)cnc1N.CNC(C)C. The minimum Gasteiger partial charge on any atom is -0.382 e. The number of carbonyl (C=O) groups is 1. The molecule has 2 aromatic carbocycles. The molecule has 0 spiro atoms. The molecule has 3 aromatic rings. The van der Waals surface area contributed by atoms with Gasteiger partial charge in [-0.05, 0) is 49.0 Å². The maximum absolute atomic E-state index is 13.3. The Morgan fingerprint density at radius 1 is 1.21 bits per heavy atom. The lowest BCUT2D eigenvalue weighted by molar-refractivity contribution is -0.124. The van der Waals surface area contributed by atoms with Gasteiger partial charge in [0.25, 0.3) is 5.91 Å². The van der Waals surface area contributed by atoms with Crippen molar-refractivity contribution in [2.45, 2.75) is 26.0 Å². The molecule has 0 aliphatic rings. The van der Waals surface area contributed by atoms with Crippen molar-refractivity contribution in [3.63, 3.8) is 0 Å². The van der Waals surface area contributed by atoms with Gasteiger partial charge in [-0.1, -0.05) is 32.0 Å². The lowest BCUT2D eigenvalue weighted by atomic mass is 10.1. The summed E-state index contributed by atoms with van der Waals surface area (Å²) in [6.07, 6.45) is 1.14. The number of halogens is 3. The van der Waals surface area contributed by atoms with Gasteiger partial charge in [0, 0.05) is 23.4 Å². The van der Waals surface area contributed by atoms with Crippen LogP contribution in [0.4, 0.5) is 20.3 Å². The third kappa shape index (κ3) is 7.31. The van der Waals surface area contributed by atoms with Gasteiger partial charge in [0.05, 0.1) is 16.9 Å². The summed E-state index contributed by atoms with van der Waals surface area (Å²) in [6.45, 7) is 7.84. The second-order valence-corrected chi connectivity index (χ2v) is 7.87. The number of nitrogens with two attached hydrogens (primary N) is 1. The summed E-state index contributed by atoms with van der Waals surface area (Å²) in [6, 6.07) is 7.60. The highest BCUT2D eigenvalue weighted by atomic mass is 35.5. The van der Waals surface area contributed by atoms with Crippen molar-refractivity contribution >= 4 is 35.1 Å². The summed E-state index contributed by atoms with van der Waals surface area (Å²) in [7, 11) is 1.95. The van der Waals surface area contributed by atoms with E-state index in [1.807, 2.05) is 7.05 Å². The van der Waals surface area contributed by atoms with E-state index < -0.39 is 23.6 Å². The number of carbonyl (C=O) groups excluding carboxylic acids is 1. The van der Waals surface area contributed by atoms with E-state index >= 15 is 0 Å². The molecule has 0 aliphatic heterocycles. The molecular formula is C24H26ClF2N5O2. The van der Waals surface area contributed by atoms with Gasteiger partial charge in [0.1, 0.15) is 23.1 Å². The molecule has 34 heavy (non-hydrogen) atoms. The third-order valence-electron chi connectivity index (χ3n) is 4.56. The third-order valence-corrected chi connectivity index (χ3v) is 4.87. The van der Waals surface area contributed by atoms with Gasteiger partial charge < -0.3 is 21.5 Å². The Morgan fingerprint density at radius 3 is 2.35 bits per heavy atom. The number of aromatic nitrogens is 2. The van der Waals surface area contributed by atoms with Crippen LogP contribution in [-0.4, -0.2) is 34.1 Å². The topological polar surface area (TPSA) is 113 Å². The summed E-state index contributed by atoms with van der Waals surface area (Å²) in [5, 5.41) is 15.8. The number of hydrogen-bond acceptors (Lipinski definition) is 6. The fourth-order valence-electron chi connectivity index (χ4n) is 2.59. The largest absolute Gasteiger partial charge is 0.382 e. The molecular weight excluding hydrogens is 464 g/mol. The van der Waals surface area contributed by atoms with Crippen LogP contribution in [0.15, 0.2) is 49.2 Å². The van der Waals surface area contributed by atoms with Crippen LogP contribution in [-0.2, 0) is 4.79 Å². The predicted molar refractivity (Wildman–Crippen MR) is 131 cm³/mol. The van der Waals surface area contributed by atoms with E-state index in [1.165, 1.54) is 24.4 Å². The smallest absolute Gasteiger partial charge is 0.257 e. The van der Waals surface area contributed by atoms with Crippen LogP contribution in [0, 0.1) is 11.6 Å². The number of nitrogens with one attached hydrogen (secondary N) is 2. The van der Waals surface area contributed by atoms with Gasteiger partial charge in [0.15, 0.2) is 6.10 Å². The average molecular weight is 490 g/mol. The van der Waals surface area contributed by atoms with Crippen molar-refractivity contribution in [2.75, 3.05) is 18.1 Å². The minimum atomic E-state index is -1.77. The minimum absolute atomic E-state index is 0.211. The summed E-state index contributed by atoms with van der Waals surface area (Å²) in [5.74, 6) is -2.45. The summed E-state index contributed by atoms with van der Waals surface area (Å²) in [5.41, 5.74) is 7.14. The quantitative estimate of drug-likeness (QED) is 0.403. The van der Waals surface area contributed by atoms with E-state index in [0.717, 1.165) is 12.1 Å². The maximum atomic E-state index is 13.3. The van der Waals surface area contributed by atoms with Crippen molar-refractivity contribution in [3.05, 3.63) is 77.1 Å². The van der Waals surface area contributed by atoms with Gasteiger partial charge in [0.2, 0.25) is 0 Å². The molecule has 1 unspecified atom stereocenters. The Hall–Kier alpha value is -3.40. The monoisotopic (exact) mass is 489 g/mol. The van der Waals surface area contributed by atoms with Crippen molar-refractivity contribution in [1.82, 2.24) is 15.3 Å². The Balaban J connectivity index is 0.000000739. The zero-order valence-corrected chi connectivity index (χ0v) is 19.7. The van der Waals surface area contributed by atoms with E-state index in [2.05, 4.69) is 41.0 Å². The Bertz CT molecular complexity index is 1150. The molecule has 3 rings (SSSR count). The van der Waals surface area contributed by atoms with Crippen LogP contribution < -0.4 is 16.4 Å². The first-order valence-electron chi connectivity index (χ1n) is 10.2. The zero-order chi connectivity index (χ0) is 25.4. The second-order valence-electron chi connectivity index (χ2n) is 7.46. The number of hydrogen-bond donors (Lipinski definition) is 4. The maximum Gasteiger partial charge on any atom is 0.257 e. The van der Waals surface area contributed by atoms with Crippen LogP contribution in [0.3, 0.4) is 0 Å². The Labute approximate surface area is 201 Å². The fourth-order valence-corrected chi connectivity index (χ4v) is 2.87. The number of anilines is 2. The zero-order valence-electron chi connectivity index (χ0n) is 18.9. The number of benzene rings is 2. The molecule has 0 aliphatic carbocycles. The molecule has 1 atom stereocenters. The predicted octanol–water partition coefficient (Wildman–Crippen LogP) is 4.59. The molecule has 0 fully saturated rings. The first kappa shape index (κ1) is 26.8. The van der Waals surface area contributed by atoms with Gasteiger partial charge >= 0.3 is 0 Å². The summed E-state index contributed by atoms with van der Waals surface area (Å²) in [4.78, 5) is 20.6. The molecule has 0 radical (unpaired) electrons. The lowest BCUT2D eigenvalue weighted by Crippen LogP contribution is -2.21. The highest BCUT2D eigenvalue weighted by Gasteiger charge is 2.20. The number of aliphatic hydroxyl groups excluding tert-OH is 1.